The third kappa shape index (κ3) is 5.71. The Morgan fingerprint density at radius 2 is 2.40 bits per heavy atom. The van der Waals surface area contributed by atoms with Gasteiger partial charge in [0.2, 0.25) is 0 Å². The Bertz CT molecular complexity index is 158. The monoisotopic (exact) mass is 235 g/mol. The highest BCUT2D eigenvalue weighted by Crippen LogP contribution is 2.06. The van der Waals surface area contributed by atoms with E-state index in [9.17, 15) is 0 Å². The second-order valence-corrected chi connectivity index (χ2v) is 4.29. The van der Waals surface area contributed by atoms with Crippen molar-refractivity contribution in [3.8, 4) is 0 Å². The van der Waals surface area contributed by atoms with Crippen LogP contribution in [-0.4, -0.2) is 56.3 Å². The highest BCUT2D eigenvalue weighted by molar-refractivity contribution is 6.17. The van der Waals surface area contributed by atoms with Gasteiger partial charge in [-0.1, -0.05) is 6.92 Å². The predicted octanol–water partition coefficient (Wildman–Crippen LogP) is 1.74. The molecule has 0 N–H and O–H groups in total. The molecule has 0 bridgehead atoms. The molecule has 1 saturated heterocycles. The molecule has 90 valence electrons. The van der Waals surface area contributed by atoms with Crippen LogP contribution >= 0.6 is 11.6 Å². The smallest absolute Gasteiger partial charge is 0.0935 e. The molecule has 0 amide bonds. The van der Waals surface area contributed by atoms with Crippen molar-refractivity contribution in [2.45, 2.75) is 25.9 Å². The molecule has 0 aliphatic carbocycles. The maximum Gasteiger partial charge on any atom is 0.0935 e. The summed E-state index contributed by atoms with van der Waals surface area (Å²) in [4.78, 5) is 2.41. The first-order valence-corrected chi connectivity index (χ1v) is 6.38. The van der Waals surface area contributed by atoms with Crippen LogP contribution in [0.3, 0.4) is 0 Å². The molecule has 0 radical (unpaired) electrons. The van der Waals surface area contributed by atoms with Gasteiger partial charge >= 0.3 is 0 Å². The first-order chi connectivity index (χ1) is 7.36. The number of halogens is 1. The highest BCUT2D eigenvalue weighted by atomic mass is 35.5. The fraction of sp³-hybridized carbons (Fsp3) is 1.00. The molecule has 0 saturated carbocycles. The maximum absolute atomic E-state index is 5.68. The first kappa shape index (κ1) is 13.2. The Morgan fingerprint density at radius 1 is 1.53 bits per heavy atom. The lowest BCUT2D eigenvalue weighted by atomic mass is 10.2. The Labute approximate surface area is 97.7 Å². The van der Waals surface area contributed by atoms with Crippen molar-refractivity contribution in [2.24, 2.45) is 0 Å². The van der Waals surface area contributed by atoms with E-state index >= 15 is 0 Å². The molecule has 3 nitrogen and oxygen atoms in total. The molecule has 0 aromatic rings. The van der Waals surface area contributed by atoms with Crippen molar-refractivity contribution in [2.75, 3.05) is 45.3 Å². The summed E-state index contributed by atoms with van der Waals surface area (Å²) in [6.07, 6.45) is 2.38. The Kier molecular flexibility index (Phi) is 7.36. The van der Waals surface area contributed by atoms with Gasteiger partial charge in [0.05, 0.1) is 19.3 Å². The summed E-state index contributed by atoms with van der Waals surface area (Å²) in [6.45, 7) is 7.60. The number of nitrogens with zero attached hydrogens (tertiary/aromatic N) is 1. The van der Waals surface area contributed by atoms with E-state index in [1.807, 2.05) is 0 Å². The molecule has 1 fully saturated rings. The lowest BCUT2D eigenvalue weighted by Gasteiger charge is -2.32. The summed E-state index contributed by atoms with van der Waals surface area (Å²) in [7, 11) is 0. The normalized spacial score (nSPS) is 23.2. The van der Waals surface area contributed by atoms with Gasteiger partial charge in [0.1, 0.15) is 0 Å². The summed E-state index contributed by atoms with van der Waals surface area (Å²) in [6, 6.07) is 0. The van der Waals surface area contributed by atoms with Crippen molar-refractivity contribution in [3.05, 3.63) is 0 Å². The van der Waals surface area contributed by atoms with Crippen molar-refractivity contribution >= 4 is 11.6 Å². The number of ether oxygens (including phenoxy) is 2. The molecule has 1 atom stereocenters. The van der Waals surface area contributed by atoms with Crippen molar-refractivity contribution < 1.29 is 9.47 Å². The van der Waals surface area contributed by atoms with Crippen LogP contribution in [0.15, 0.2) is 0 Å². The molecular weight excluding hydrogens is 214 g/mol. The largest absolute Gasteiger partial charge is 0.379 e. The quantitative estimate of drug-likeness (QED) is 0.496. The Balaban J connectivity index is 2.11. The second kappa shape index (κ2) is 8.34. The zero-order valence-corrected chi connectivity index (χ0v) is 10.3. The molecule has 0 aromatic heterocycles. The molecule has 0 spiro atoms. The summed E-state index contributed by atoms with van der Waals surface area (Å²) >= 11 is 5.68. The summed E-state index contributed by atoms with van der Waals surface area (Å²) < 4.78 is 11.1. The van der Waals surface area contributed by atoms with E-state index in [-0.39, 0.29) is 6.10 Å². The van der Waals surface area contributed by atoms with E-state index in [1.54, 1.807) is 0 Å². The summed E-state index contributed by atoms with van der Waals surface area (Å²) in [5.41, 5.74) is 0. The molecular formula is C11H22ClNO2. The Hall–Kier alpha value is 0.170. The fourth-order valence-electron chi connectivity index (χ4n) is 1.73. The minimum Gasteiger partial charge on any atom is -0.379 e. The molecule has 1 rings (SSSR count). The first-order valence-electron chi connectivity index (χ1n) is 5.84. The van der Waals surface area contributed by atoms with Gasteiger partial charge in [0.25, 0.3) is 0 Å². The Morgan fingerprint density at radius 3 is 3.13 bits per heavy atom. The van der Waals surface area contributed by atoms with Gasteiger partial charge in [-0.2, -0.15) is 0 Å². The third-order valence-corrected chi connectivity index (χ3v) is 2.75. The van der Waals surface area contributed by atoms with E-state index in [0.717, 1.165) is 58.2 Å². The number of morpholine rings is 1. The molecule has 1 aliphatic rings. The number of alkyl halides is 1. The van der Waals surface area contributed by atoms with Crippen LogP contribution in [0.2, 0.25) is 0 Å². The van der Waals surface area contributed by atoms with Crippen LogP contribution in [0.4, 0.5) is 0 Å². The van der Waals surface area contributed by atoms with Crippen molar-refractivity contribution in [1.29, 1.82) is 0 Å². The zero-order valence-electron chi connectivity index (χ0n) is 9.58. The van der Waals surface area contributed by atoms with Crippen LogP contribution in [0.1, 0.15) is 19.8 Å². The van der Waals surface area contributed by atoms with E-state index in [1.165, 1.54) is 0 Å². The highest BCUT2D eigenvalue weighted by Gasteiger charge is 2.19. The number of rotatable bonds is 7. The average molecular weight is 236 g/mol. The standard InChI is InChI=1S/C11H22ClNO2/c1-2-7-14-10-11-9-13(5-3-4-12)6-8-15-11/h11H,2-10H2,1H3. The minimum absolute atomic E-state index is 0.251. The summed E-state index contributed by atoms with van der Waals surface area (Å²) in [5.74, 6) is 0.744. The van der Waals surface area contributed by atoms with Gasteiger partial charge < -0.3 is 9.47 Å². The molecule has 0 aromatic carbocycles. The average Bonchev–Trinajstić information content (AvgIpc) is 2.27. The van der Waals surface area contributed by atoms with E-state index < -0.39 is 0 Å². The number of hydrogen-bond acceptors (Lipinski definition) is 3. The molecule has 1 heterocycles. The van der Waals surface area contributed by atoms with Gasteiger partial charge in [-0.25, -0.2) is 0 Å². The zero-order chi connectivity index (χ0) is 10.9. The van der Waals surface area contributed by atoms with Gasteiger partial charge in [-0.05, 0) is 19.4 Å². The minimum atomic E-state index is 0.251. The van der Waals surface area contributed by atoms with Crippen LogP contribution < -0.4 is 0 Å². The lowest BCUT2D eigenvalue weighted by Crippen LogP contribution is -2.44. The summed E-state index contributed by atoms with van der Waals surface area (Å²) in [5, 5.41) is 0. The van der Waals surface area contributed by atoms with E-state index in [2.05, 4.69) is 11.8 Å². The molecule has 15 heavy (non-hydrogen) atoms. The van der Waals surface area contributed by atoms with Crippen LogP contribution in [-0.2, 0) is 9.47 Å². The maximum atomic E-state index is 5.68. The van der Waals surface area contributed by atoms with Crippen LogP contribution in [0, 0.1) is 0 Å². The van der Waals surface area contributed by atoms with Gasteiger partial charge in [-0.15, -0.1) is 11.6 Å². The second-order valence-electron chi connectivity index (χ2n) is 3.91. The third-order valence-electron chi connectivity index (χ3n) is 2.48. The topological polar surface area (TPSA) is 21.7 Å². The predicted molar refractivity (Wildman–Crippen MR) is 62.6 cm³/mol. The molecule has 1 aliphatic heterocycles. The van der Waals surface area contributed by atoms with Crippen LogP contribution in [0.25, 0.3) is 0 Å². The molecule has 1 unspecified atom stereocenters. The van der Waals surface area contributed by atoms with Crippen molar-refractivity contribution in [1.82, 2.24) is 4.90 Å². The SMILES string of the molecule is CCCOCC1CN(CCCCl)CCO1. The van der Waals surface area contributed by atoms with Gasteiger partial charge in [-0.3, -0.25) is 4.90 Å². The van der Waals surface area contributed by atoms with Crippen LogP contribution in [0.5, 0.6) is 0 Å². The lowest BCUT2D eigenvalue weighted by molar-refractivity contribution is -0.0687. The number of hydrogen-bond donors (Lipinski definition) is 0. The fourth-order valence-corrected chi connectivity index (χ4v) is 1.85. The van der Waals surface area contributed by atoms with Gasteiger partial charge in [0, 0.05) is 25.6 Å². The van der Waals surface area contributed by atoms with Crippen molar-refractivity contribution in [3.63, 3.8) is 0 Å². The molecule has 4 heteroatoms. The van der Waals surface area contributed by atoms with E-state index in [4.69, 9.17) is 21.1 Å². The van der Waals surface area contributed by atoms with Gasteiger partial charge in [0.15, 0.2) is 0 Å². The van der Waals surface area contributed by atoms with E-state index in [0.29, 0.717) is 0 Å².